The van der Waals surface area contributed by atoms with Crippen LogP contribution >= 0.6 is 0 Å². The van der Waals surface area contributed by atoms with Crippen molar-refractivity contribution < 1.29 is 26.3 Å². The number of hydrogen-bond donors (Lipinski definition) is 0. The van der Waals surface area contributed by atoms with Gasteiger partial charge in [-0.15, -0.1) is 0 Å². The fourth-order valence-electron chi connectivity index (χ4n) is 8.21. The predicted molar refractivity (Wildman–Crippen MR) is 243 cm³/mol. The fourth-order valence-corrected chi connectivity index (χ4v) is 8.21. The van der Waals surface area contributed by atoms with E-state index >= 15 is 0 Å². The van der Waals surface area contributed by atoms with Crippen LogP contribution in [0.15, 0.2) is 133 Å². The maximum Gasteiger partial charge on any atom is 0.416 e. The Morgan fingerprint density at radius 2 is 0.761 bits per heavy atom. The summed E-state index contributed by atoms with van der Waals surface area (Å²) in [5.74, 6) is 3.58. The molecular formula is C51H34F6N10. The molecule has 0 radical (unpaired) electrons. The third-order valence-corrected chi connectivity index (χ3v) is 11.1. The van der Waals surface area contributed by atoms with E-state index in [2.05, 4.69) is 29.9 Å². The largest absolute Gasteiger partial charge is 0.416 e. The van der Waals surface area contributed by atoms with Crippen LogP contribution in [0.4, 0.5) is 26.3 Å². The fraction of sp³-hybridized carbons (Fsp3) is 0.118. The Labute approximate surface area is 378 Å². The molecule has 0 saturated heterocycles. The molecule has 0 N–H and O–H groups in total. The summed E-state index contributed by atoms with van der Waals surface area (Å²) in [5.41, 5.74) is 1.25. The molecule has 0 saturated carbocycles. The number of aromatic nitrogens is 10. The van der Waals surface area contributed by atoms with Crippen molar-refractivity contribution in [1.29, 1.82) is 0 Å². The Morgan fingerprint density at radius 1 is 0.343 bits per heavy atom. The number of nitrogens with zero attached hydrogens (tertiary/aromatic N) is 10. The molecule has 10 nitrogen and oxygen atoms in total. The van der Waals surface area contributed by atoms with Crippen LogP contribution in [0.3, 0.4) is 0 Å². The lowest BCUT2D eigenvalue weighted by Gasteiger charge is -2.18. The summed E-state index contributed by atoms with van der Waals surface area (Å²) in [6.45, 7) is 7.11. The highest BCUT2D eigenvalue weighted by Crippen LogP contribution is 2.43. The van der Waals surface area contributed by atoms with Crippen LogP contribution in [0.2, 0.25) is 0 Å². The first-order chi connectivity index (χ1) is 32.1. The molecule has 4 aromatic heterocycles. The van der Waals surface area contributed by atoms with Crippen molar-refractivity contribution >= 4 is 21.8 Å². The van der Waals surface area contributed by atoms with E-state index in [-0.39, 0.29) is 40.2 Å². The first kappa shape index (κ1) is 42.7. The topological polar surface area (TPSA) is 121 Å². The summed E-state index contributed by atoms with van der Waals surface area (Å²) >= 11 is 0. The van der Waals surface area contributed by atoms with Gasteiger partial charge in [0.1, 0.15) is 23.3 Å². The van der Waals surface area contributed by atoms with Gasteiger partial charge in [-0.25, -0.2) is 44.9 Å². The predicted octanol–water partition coefficient (Wildman–Crippen LogP) is 12.6. The van der Waals surface area contributed by atoms with Crippen LogP contribution in [-0.4, -0.2) is 49.4 Å². The van der Waals surface area contributed by atoms with Gasteiger partial charge in [-0.3, -0.25) is 0 Å². The van der Waals surface area contributed by atoms with Crippen molar-refractivity contribution in [3.05, 3.63) is 168 Å². The molecule has 0 amide bonds. The van der Waals surface area contributed by atoms with Gasteiger partial charge >= 0.3 is 12.4 Å². The van der Waals surface area contributed by atoms with Crippen molar-refractivity contribution in [2.24, 2.45) is 0 Å². The molecule has 0 fully saturated rings. The molecule has 0 spiro atoms. The van der Waals surface area contributed by atoms with Gasteiger partial charge in [0, 0.05) is 44.3 Å². The summed E-state index contributed by atoms with van der Waals surface area (Å²) in [6, 6.07) is 35.9. The highest BCUT2D eigenvalue weighted by molar-refractivity contribution is 6.11. The van der Waals surface area contributed by atoms with Crippen LogP contribution in [0.5, 0.6) is 0 Å². The SMILES string of the molecule is Cc1nc(C)nc(-c2ccc3c(c2)c2cc(-c4nc(C)nc(C)n4)ccc2n3-c2ccc(-c3nc(-c4ccccc4)nc(-c4ccccc4)n3)c(-c3cc(C(F)(F)F)cc(C(F)(F)F)c3)c2)n1. The number of hydrogen-bond acceptors (Lipinski definition) is 9. The van der Waals surface area contributed by atoms with E-state index in [1.807, 2.05) is 53.1 Å². The van der Waals surface area contributed by atoms with E-state index in [4.69, 9.17) is 15.0 Å². The molecule has 10 aromatic rings. The zero-order chi connectivity index (χ0) is 46.8. The minimum absolute atomic E-state index is 0.00818. The first-order valence-corrected chi connectivity index (χ1v) is 20.8. The summed E-state index contributed by atoms with van der Waals surface area (Å²) < 4.78 is 89.4. The Morgan fingerprint density at radius 3 is 1.19 bits per heavy atom. The Kier molecular flexibility index (Phi) is 10.4. The van der Waals surface area contributed by atoms with Crippen LogP contribution < -0.4 is 0 Å². The van der Waals surface area contributed by atoms with Gasteiger partial charge in [-0.2, -0.15) is 26.3 Å². The standard InChI is InChI=1S/C51H34F6N10/c1-27-58-28(2)61-47(60-27)33-15-19-43-41(23-33)42-24-34(48-62-29(3)59-30(4)63-48)16-20-44(42)67(43)38-17-18-39(40(26-38)35-21-36(50(52,53)54)25-37(22-35)51(55,56)57)49-65-45(31-11-7-5-8-12-31)64-46(66-49)32-13-9-6-10-14-32/h5-26H,1-4H3. The van der Waals surface area contributed by atoms with E-state index < -0.39 is 23.5 Å². The Balaban J connectivity index is 1.27. The zero-order valence-corrected chi connectivity index (χ0v) is 35.9. The minimum atomic E-state index is -5.12. The lowest BCUT2D eigenvalue weighted by atomic mass is 9.94. The lowest BCUT2D eigenvalue weighted by molar-refractivity contribution is -0.143. The molecule has 330 valence electrons. The van der Waals surface area contributed by atoms with Gasteiger partial charge in [-0.1, -0.05) is 60.7 Å². The van der Waals surface area contributed by atoms with Gasteiger partial charge in [0.25, 0.3) is 0 Å². The van der Waals surface area contributed by atoms with Gasteiger partial charge in [0.15, 0.2) is 29.1 Å². The average molecular weight is 901 g/mol. The van der Waals surface area contributed by atoms with Gasteiger partial charge in [0.05, 0.1) is 22.2 Å². The summed E-state index contributed by atoms with van der Waals surface area (Å²) in [7, 11) is 0. The molecular weight excluding hydrogens is 867 g/mol. The van der Waals surface area contributed by atoms with E-state index in [1.54, 1.807) is 94.4 Å². The van der Waals surface area contributed by atoms with Crippen molar-refractivity contribution in [2.75, 3.05) is 0 Å². The maximum atomic E-state index is 14.6. The molecule has 0 aliphatic heterocycles. The zero-order valence-electron chi connectivity index (χ0n) is 35.9. The quantitative estimate of drug-likeness (QED) is 0.144. The molecule has 0 bridgehead atoms. The number of aryl methyl sites for hydroxylation is 4. The van der Waals surface area contributed by atoms with E-state index in [9.17, 15) is 26.3 Å². The van der Waals surface area contributed by atoms with E-state index in [0.29, 0.717) is 73.9 Å². The second-order valence-electron chi connectivity index (χ2n) is 15.9. The van der Waals surface area contributed by atoms with Gasteiger partial charge in [-0.05, 0) is 112 Å². The third kappa shape index (κ3) is 8.33. The summed E-state index contributed by atoms with van der Waals surface area (Å²) in [5, 5.41) is 1.49. The van der Waals surface area contributed by atoms with Crippen molar-refractivity contribution in [2.45, 2.75) is 40.0 Å². The Bertz CT molecular complexity index is 3320. The van der Waals surface area contributed by atoms with Crippen molar-refractivity contribution in [3.63, 3.8) is 0 Å². The molecule has 16 heteroatoms. The molecule has 0 aliphatic rings. The highest BCUT2D eigenvalue weighted by Gasteiger charge is 2.37. The molecule has 0 atom stereocenters. The van der Waals surface area contributed by atoms with E-state index in [0.717, 1.165) is 22.9 Å². The van der Waals surface area contributed by atoms with Crippen LogP contribution in [0, 0.1) is 27.7 Å². The number of rotatable bonds is 7. The molecule has 10 rings (SSSR count). The van der Waals surface area contributed by atoms with Crippen molar-refractivity contribution in [3.8, 4) is 73.8 Å². The number of halogens is 6. The second kappa shape index (κ2) is 16.3. The maximum absolute atomic E-state index is 14.6. The number of fused-ring (bicyclic) bond motifs is 3. The minimum Gasteiger partial charge on any atom is -0.309 e. The van der Waals surface area contributed by atoms with Crippen LogP contribution in [0.1, 0.15) is 34.4 Å². The molecule has 0 unspecified atom stereocenters. The van der Waals surface area contributed by atoms with Gasteiger partial charge in [0.2, 0.25) is 0 Å². The molecule has 6 aromatic carbocycles. The van der Waals surface area contributed by atoms with Crippen LogP contribution in [-0.2, 0) is 12.4 Å². The summed E-state index contributed by atoms with van der Waals surface area (Å²) in [4.78, 5) is 41.4. The Hall–Kier alpha value is -8.27. The highest BCUT2D eigenvalue weighted by atomic mass is 19.4. The van der Waals surface area contributed by atoms with Crippen molar-refractivity contribution in [1.82, 2.24) is 49.4 Å². The summed E-state index contributed by atoms with van der Waals surface area (Å²) in [6.07, 6.45) is -10.2. The third-order valence-electron chi connectivity index (χ3n) is 11.1. The normalized spacial score (nSPS) is 12.0. The van der Waals surface area contributed by atoms with Gasteiger partial charge < -0.3 is 4.57 Å². The monoisotopic (exact) mass is 900 g/mol. The average Bonchev–Trinajstić information content (AvgIpc) is 3.63. The molecule has 67 heavy (non-hydrogen) atoms. The van der Waals surface area contributed by atoms with Crippen LogP contribution in [0.25, 0.3) is 95.6 Å². The lowest BCUT2D eigenvalue weighted by Crippen LogP contribution is -2.11. The second-order valence-corrected chi connectivity index (χ2v) is 15.9. The van der Waals surface area contributed by atoms with E-state index in [1.165, 1.54) is 0 Å². The smallest absolute Gasteiger partial charge is 0.309 e. The molecule has 0 aliphatic carbocycles. The first-order valence-electron chi connectivity index (χ1n) is 20.8. The molecule has 4 heterocycles. The number of benzene rings is 6. The number of alkyl halides is 6.